The van der Waals surface area contributed by atoms with Gasteiger partial charge in [-0.3, -0.25) is 10.1 Å². The topological polar surface area (TPSA) is 55.2 Å². The standard InChI is InChI=1S/C4H4N2O2/c7-6(8)4-1-2-5-3-4/h1-2,4-5H. The van der Waals surface area contributed by atoms with Crippen molar-refractivity contribution < 1.29 is 4.92 Å². The van der Waals surface area contributed by atoms with Crippen molar-refractivity contribution in [2.45, 2.75) is 6.04 Å². The molecule has 0 bridgehead atoms. The van der Waals surface area contributed by atoms with Crippen LogP contribution in [-0.2, 0) is 0 Å². The maximum absolute atomic E-state index is 9.85. The molecule has 0 amide bonds. The van der Waals surface area contributed by atoms with E-state index in [0.717, 1.165) is 0 Å². The summed E-state index contributed by atoms with van der Waals surface area (Å²) in [6.07, 6.45) is 2.92. The highest BCUT2D eigenvalue weighted by atomic mass is 16.6. The fraction of sp³-hybridized carbons (Fsp3) is 0.250. The molecule has 4 nitrogen and oxygen atoms in total. The molecule has 0 fully saturated rings. The Kier molecular flexibility index (Phi) is 1.15. The Morgan fingerprint density at radius 2 is 2.62 bits per heavy atom. The summed E-state index contributed by atoms with van der Waals surface area (Å²) in [7, 11) is 0. The smallest absolute Gasteiger partial charge is 0.260 e. The van der Waals surface area contributed by atoms with Crippen LogP contribution in [-0.4, -0.2) is 11.0 Å². The van der Waals surface area contributed by atoms with Crippen LogP contribution in [0.1, 0.15) is 0 Å². The van der Waals surface area contributed by atoms with Crippen LogP contribution >= 0.6 is 0 Å². The van der Waals surface area contributed by atoms with Crippen LogP contribution in [0, 0.1) is 16.7 Å². The van der Waals surface area contributed by atoms with Crippen molar-refractivity contribution in [2.75, 3.05) is 0 Å². The average Bonchev–Trinajstić information content (AvgIpc) is 2.12. The van der Waals surface area contributed by atoms with E-state index in [1.165, 1.54) is 12.3 Å². The van der Waals surface area contributed by atoms with Gasteiger partial charge in [-0.05, 0) is 0 Å². The molecule has 2 radical (unpaired) electrons. The molecule has 1 unspecified atom stereocenters. The lowest BCUT2D eigenvalue weighted by molar-refractivity contribution is -0.500. The van der Waals surface area contributed by atoms with Crippen molar-refractivity contribution in [3.63, 3.8) is 0 Å². The largest absolute Gasteiger partial charge is 0.375 e. The molecule has 0 aromatic heterocycles. The molecule has 0 aromatic rings. The van der Waals surface area contributed by atoms with Crippen molar-refractivity contribution >= 4 is 0 Å². The van der Waals surface area contributed by atoms with Gasteiger partial charge in [0, 0.05) is 17.2 Å². The molecule has 0 aliphatic carbocycles. The Balaban J connectivity index is 2.48. The Hall–Kier alpha value is -1.06. The third-order valence-electron chi connectivity index (χ3n) is 0.820. The highest BCUT2D eigenvalue weighted by Crippen LogP contribution is 1.99. The second-order valence-corrected chi connectivity index (χ2v) is 1.38. The molecule has 0 spiro atoms. The van der Waals surface area contributed by atoms with E-state index in [4.69, 9.17) is 0 Å². The van der Waals surface area contributed by atoms with Gasteiger partial charge < -0.3 is 5.32 Å². The molecule has 8 heavy (non-hydrogen) atoms. The number of rotatable bonds is 1. The van der Waals surface area contributed by atoms with E-state index in [0.29, 0.717) is 0 Å². The maximum Gasteiger partial charge on any atom is 0.260 e. The molecule has 0 saturated carbocycles. The third kappa shape index (κ3) is 0.776. The highest BCUT2D eigenvalue weighted by Gasteiger charge is 2.20. The fourth-order valence-corrected chi connectivity index (χ4v) is 0.444. The van der Waals surface area contributed by atoms with Crippen LogP contribution < -0.4 is 5.32 Å². The lowest BCUT2D eigenvalue weighted by atomic mass is 10.3. The molecule has 0 aromatic carbocycles. The van der Waals surface area contributed by atoms with Crippen molar-refractivity contribution in [2.24, 2.45) is 0 Å². The summed E-state index contributed by atoms with van der Waals surface area (Å²) in [6.45, 7) is 2.40. The van der Waals surface area contributed by atoms with Gasteiger partial charge in [-0.15, -0.1) is 0 Å². The van der Waals surface area contributed by atoms with E-state index in [1.807, 2.05) is 0 Å². The van der Waals surface area contributed by atoms with Crippen LogP contribution in [0.2, 0.25) is 0 Å². The number of hydrogen-bond donors (Lipinski definition) is 1. The Morgan fingerprint density at radius 3 is 2.88 bits per heavy atom. The molecule has 42 valence electrons. The van der Waals surface area contributed by atoms with Crippen LogP contribution in [0.5, 0.6) is 0 Å². The monoisotopic (exact) mass is 112 g/mol. The second kappa shape index (κ2) is 1.81. The SMILES string of the molecule is O=[N+]([O-])C1[C]NC=C1. The van der Waals surface area contributed by atoms with Crippen molar-refractivity contribution in [1.82, 2.24) is 5.32 Å². The van der Waals surface area contributed by atoms with Crippen LogP contribution in [0.15, 0.2) is 12.3 Å². The van der Waals surface area contributed by atoms with Crippen LogP contribution in [0.4, 0.5) is 0 Å². The van der Waals surface area contributed by atoms with Crippen molar-refractivity contribution in [1.29, 1.82) is 0 Å². The van der Waals surface area contributed by atoms with Gasteiger partial charge in [-0.1, -0.05) is 0 Å². The summed E-state index contributed by atoms with van der Waals surface area (Å²) in [6, 6.07) is -0.755. The van der Waals surface area contributed by atoms with E-state index in [2.05, 4.69) is 11.9 Å². The Bertz CT molecular complexity index is 132. The zero-order chi connectivity index (χ0) is 5.98. The third-order valence-corrected chi connectivity index (χ3v) is 0.820. The lowest BCUT2D eigenvalue weighted by Gasteiger charge is -1.92. The van der Waals surface area contributed by atoms with Gasteiger partial charge in [0.25, 0.3) is 6.04 Å². The first-order valence-electron chi connectivity index (χ1n) is 2.12. The predicted octanol–water partition coefficient (Wildman–Crippen LogP) is -0.213. The van der Waals surface area contributed by atoms with Gasteiger partial charge in [0.1, 0.15) is 0 Å². The molecule has 1 N–H and O–H groups in total. The van der Waals surface area contributed by atoms with Crippen molar-refractivity contribution in [3.8, 4) is 0 Å². The molecule has 0 saturated heterocycles. The summed E-state index contributed by atoms with van der Waals surface area (Å²) in [5.74, 6) is 0. The van der Waals surface area contributed by atoms with E-state index in [9.17, 15) is 10.1 Å². The highest BCUT2D eigenvalue weighted by molar-refractivity contribution is 5.03. The molecular weight excluding hydrogens is 108 g/mol. The normalized spacial score (nSPS) is 25.2. The molecule has 1 aliphatic heterocycles. The summed E-state index contributed by atoms with van der Waals surface area (Å²) >= 11 is 0. The number of nitrogens with one attached hydrogen (secondary N) is 1. The molecule has 1 aliphatic rings. The molecular formula is C4H4N2O2. The van der Waals surface area contributed by atoms with Crippen LogP contribution in [0.25, 0.3) is 0 Å². The first-order chi connectivity index (χ1) is 3.80. The van der Waals surface area contributed by atoms with Crippen molar-refractivity contribution in [3.05, 3.63) is 28.9 Å². The summed E-state index contributed by atoms with van der Waals surface area (Å²) in [4.78, 5) is 9.43. The van der Waals surface area contributed by atoms with Gasteiger partial charge in [0.05, 0.1) is 0 Å². The minimum atomic E-state index is -0.755. The molecule has 1 rings (SSSR count). The van der Waals surface area contributed by atoms with Gasteiger partial charge in [0.2, 0.25) is 0 Å². The lowest BCUT2D eigenvalue weighted by Crippen LogP contribution is -2.17. The fourth-order valence-electron chi connectivity index (χ4n) is 0.444. The second-order valence-electron chi connectivity index (χ2n) is 1.38. The number of hydrogen-bond acceptors (Lipinski definition) is 3. The Morgan fingerprint density at radius 1 is 1.88 bits per heavy atom. The van der Waals surface area contributed by atoms with Gasteiger partial charge in [0.15, 0.2) is 6.54 Å². The average molecular weight is 112 g/mol. The molecule has 4 heteroatoms. The van der Waals surface area contributed by atoms with Gasteiger partial charge in [-0.2, -0.15) is 0 Å². The number of nitro groups is 1. The Labute approximate surface area is 46.3 Å². The predicted molar refractivity (Wildman–Crippen MR) is 26.3 cm³/mol. The minimum absolute atomic E-state index is 0.420. The first kappa shape index (κ1) is 5.08. The zero-order valence-electron chi connectivity index (χ0n) is 4.00. The quantitative estimate of drug-likeness (QED) is 0.377. The first-order valence-corrected chi connectivity index (χ1v) is 2.12. The molecule has 1 heterocycles. The van der Waals surface area contributed by atoms with Crippen LogP contribution in [0.3, 0.4) is 0 Å². The number of nitrogens with zero attached hydrogens (tertiary/aromatic N) is 1. The summed E-state index contributed by atoms with van der Waals surface area (Å²) < 4.78 is 0. The zero-order valence-corrected chi connectivity index (χ0v) is 4.00. The van der Waals surface area contributed by atoms with E-state index < -0.39 is 11.0 Å². The van der Waals surface area contributed by atoms with E-state index in [1.54, 1.807) is 0 Å². The van der Waals surface area contributed by atoms with Gasteiger partial charge in [-0.25, -0.2) is 0 Å². The summed E-state index contributed by atoms with van der Waals surface area (Å²) in [5, 5.41) is 12.3. The van der Waals surface area contributed by atoms with Gasteiger partial charge >= 0.3 is 0 Å². The molecule has 1 atom stereocenters. The minimum Gasteiger partial charge on any atom is -0.375 e. The summed E-state index contributed by atoms with van der Waals surface area (Å²) in [5.41, 5.74) is 0. The van der Waals surface area contributed by atoms with E-state index >= 15 is 0 Å². The van der Waals surface area contributed by atoms with E-state index in [-0.39, 0.29) is 0 Å². The maximum atomic E-state index is 9.85.